The lowest BCUT2D eigenvalue weighted by Gasteiger charge is -2.34. The van der Waals surface area contributed by atoms with E-state index in [4.69, 9.17) is 0 Å². The zero-order valence-corrected chi connectivity index (χ0v) is 15.5. The first-order valence-corrected chi connectivity index (χ1v) is 9.61. The standard InChI is InChI=1S/C18H28N4O4/c1-3-14(23)21-10-4-5-13(11-21)15(24)20-22-16(25)18(19-17(22)26)8-6-12(2)7-9-18/h12-13H,3-11H2,1-2H3,(H,19,26)(H,20,24). The third-order valence-corrected chi connectivity index (χ3v) is 5.96. The number of hydrogen-bond donors (Lipinski definition) is 2. The molecule has 0 aromatic heterocycles. The summed E-state index contributed by atoms with van der Waals surface area (Å²) in [4.78, 5) is 51.3. The third-order valence-electron chi connectivity index (χ3n) is 5.96. The number of nitrogens with zero attached hydrogens (tertiary/aromatic N) is 2. The number of urea groups is 1. The number of carbonyl (C=O) groups is 4. The Morgan fingerprint density at radius 2 is 1.92 bits per heavy atom. The van der Waals surface area contributed by atoms with Crippen LogP contribution in [0.25, 0.3) is 0 Å². The second kappa shape index (κ2) is 7.25. The van der Waals surface area contributed by atoms with Gasteiger partial charge < -0.3 is 10.2 Å². The Bertz CT molecular complexity index is 612. The van der Waals surface area contributed by atoms with E-state index in [1.54, 1.807) is 11.8 Å². The molecule has 8 heteroatoms. The Hall–Kier alpha value is -2.12. The first-order valence-electron chi connectivity index (χ1n) is 9.61. The van der Waals surface area contributed by atoms with E-state index in [9.17, 15) is 19.2 Å². The number of hydrazine groups is 1. The van der Waals surface area contributed by atoms with Crippen LogP contribution in [0, 0.1) is 11.8 Å². The molecule has 1 saturated carbocycles. The van der Waals surface area contributed by atoms with Crippen LogP contribution < -0.4 is 10.7 Å². The third kappa shape index (κ3) is 3.41. The van der Waals surface area contributed by atoms with Crippen LogP contribution in [0.1, 0.15) is 58.8 Å². The Kier molecular flexibility index (Phi) is 5.20. The smallest absolute Gasteiger partial charge is 0.342 e. The Labute approximate surface area is 153 Å². The van der Waals surface area contributed by atoms with E-state index in [1.807, 2.05) is 0 Å². The van der Waals surface area contributed by atoms with Gasteiger partial charge in [0.15, 0.2) is 0 Å². The highest BCUT2D eigenvalue weighted by Crippen LogP contribution is 2.35. The quantitative estimate of drug-likeness (QED) is 0.734. The zero-order chi connectivity index (χ0) is 18.9. The second-order valence-corrected chi connectivity index (χ2v) is 7.84. The van der Waals surface area contributed by atoms with Gasteiger partial charge in [-0.05, 0) is 44.4 Å². The van der Waals surface area contributed by atoms with Crippen molar-refractivity contribution in [3.8, 4) is 0 Å². The number of likely N-dealkylation sites (tertiary alicyclic amines) is 1. The number of hydrogen-bond acceptors (Lipinski definition) is 4. The van der Waals surface area contributed by atoms with E-state index >= 15 is 0 Å². The van der Waals surface area contributed by atoms with Crippen LogP contribution in [0.2, 0.25) is 0 Å². The molecular weight excluding hydrogens is 336 g/mol. The maximum absolute atomic E-state index is 12.8. The maximum atomic E-state index is 12.8. The van der Waals surface area contributed by atoms with E-state index in [0.29, 0.717) is 44.7 Å². The van der Waals surface area contributed by atoms with Crippen LogP contribution >= 0.6 is 0 Å². The highest BCUT2D eigenvalue weighted by atomic mass is 16.2. The fourth-order valence-electron chi connectivity index (χ4n) is 4.16. The van der Waals surface area contributed by atoms with E-state index < -0.39 is 17.5 Å². The van der Waals surface area contributed by atoms with Gasteiger partial charge in [-0.3, -0.25) is 19.8 Å². The molecule has 1 atom stereocenters. The minimum Gasteiger partial charge on any atom is -0.342 e. The van der Waals surface area contributed by atoms with Crippen molar-refractivity contribution in [2.75, 3.05) is 13.1 Å². The Morgan fingerprint density at radius 3 is 2.58 bits per heavy atom. The van der Waals surface area contributed by atoms with Crippen LogP contribution in [0.5, 0.6) is 0 Å². The maximum Gasteiger partial charge on any atom is 0.344 e. The largest absolute Gasteiger partial charge is 0.344 e. The molecule has 3 fully saturated rings. The molecule has 2 saturated heterocycles. The minimum absolute atomic E-state index is 0.0211. The molecule has 0 aromatic rings. The van der Waals surface area contributed by atoms with Gasteiger partial charge in [-0.2, -0.15) is 5.01 Å². The van der Waals surface area contributed by atoms with Gasteiger partial charge in [0.25, 0.3) is 5.91 Å². The monoisotopic (exact) mass is 364 g/mol. The lowest BCUT2D eigenvalue weighted by molar-refractivity contribution is -0.143. The molecule has 26 heavy (non-hydrogen) atoms. The second-order valence-electron chi connectivity index (χ2n) is 7.84. The zero-order valence-electron chi connectivity index (χ0n) is 15.5. The van der Waals surface area contributed by atoms with Gasteiger partial charge in [0, 0.05) is 19.5 Å². The molecule has 2 aliphatic heterocycles. The van der Waals surface area contributed by atoms with Crippen LogP contribution in [0.15, 0.2) is 0 Å². The summed E-state index contributed by atoms with van der Waals surface area (Å²) in [5.41, 5.74) is 1.64. The predicted molar refractivity (Wildman–Crippen MR) is 93.5 cm³/mol. The molecule has 144 valence electrons. The van der Waals surface area contributed by atoms with E-state index in [2.05, 4.69) is 17.7 Å². The molecule has 2 N–H and O–H groups in total. The minimum atomic E-state index is -0.867. The van der Waals surface area contributed by atoms with Gasteiger partial charge in [0.1, 0.15) is 5.54 Å². The average Bonchev–Trinajstić information content (AvgIpc) is 2.88. The van der Waals surface area contributed by atoms with Crippen molar-refractivity contribution in [3.05, 3.63) is 0 Å². The molecule has 2 heterocycles. The number of rotatable bonds is 3. The molecule has 0 aromatic carbocycles. The van der Waals surface area contributed by atoms with Gasteiger partial charge in [0.05, 0.1) is 5.92 Å². The molecule has 3 rings (SSSR count). The number of carbonyl (C=O) groups excluding carboxylic acids is 4. The Balaban J connectivity index is 1.63. The van der Waals surface area contributed by atoms with Crippen molar-refractivity contribution >= 4 is 23.8 Å². The summed E-state index contributed by atoms with van der Waals surface area (Å²) in [5, 5.41) is 3.64. The van der Waals surface area contributed by atoms with Gasteiger partial charge in [-0.1, -0.05) is 13.8 Å². The number of piperidine rings is 1. The van der Waals surface area contributed by atoms with E-state index in [0.717, 1.165) is 24.3 Å². The molecule has 1 aliphatic carbocycles. The molecule has 0 bridgehead atoms. The van der Waals surface area contributed by atoms with Gasteiger partial charge in [-0.25, -0.2) is 4.79 Å². The first kappa shape index (κ1) is 18.7. The van der Waals surface area contributed by atoms with Crippen molar-refractivity contribution in [1.82, 2.24) is 20.7 Å². The number of amides is 5. The summed E-state index contributed by atoms with van der Waals surface area (Å²) < 4.78 is 0. The summed E-state index contributed by atoms with van der Waals surface area (Å²) in [6.07, 6.45) is 4.76. The normalized spacial score (nSPS) is 31.9. The lowest BCUT2D eigenvalue weighted by atomic mass is 9.77. The van der Waals surface area contributed by atoms with Gasteiger partial charge in [0.2, 0.25) is 11.8 Å². The lowest BCUT2D eigenvalue weighted by Crippen LogP contribution is -2.54. The summed E-state index contributed by atoms with van der Waals surface area (Å²) in [5.74, 6) is -0.572. The summed E-state index contributed by atoms with van der Waals surface area (Å²) in [7, 11) is 0. The van der Waals surface area contributed by atoms with Gasteiger partial charge >= 0.3 is 6.03 Å². The predicted octanol–water partition coefficient (Wildman–Crippen LogP) is 1.17. The van der Waals surface area contributed by atoms with Crippen LogP contribution in [0.3, 0.4) is 0 Å². The van der Waals surface area contributed by atoms with Crippen LogP contribution in [-0.2, 0) is 14.4 Å². The van der Waals surface area contributed by atoms with E-state index in [1.165, 1.54) is 0 Å². The van der Waals surface area contributed by atoms with Gasteiger partial charge in [-0.15, -0.1) is 0 Å². The fraction of sp³-hybridized carbons (Fsp3) is 0.778. The number of nitrogens with one attached hydrogen (secondary N) is 2. The van der Waals surface area contributed by atoms with Crippen molar-refractivity contribution in [2.45, 2.75) is 64.3 Å². The summed E-state index contributed by atoms with van der Waals surface area (Å²) >= 11 is 0. The SMILES string of the molecule is CCC(=O)N1CCCC(C(=O)NN2C(=O)NC3(CCC(C)CC3)C2=O)C1. The molecule has 0 radical (unpaired) electrons. The molecule has 1 unspecified atom stereocenters. The highest BCUT2D eigenvalue weighted by Gasteiger charge is 2.53. The van der Waals surface area contributed by atoms with Crippen LogP contribution in [-0.4, -0.2) is 52.3 Å². The topological polar surface area (TPSA) is 98.8 Å². The first-order chi connectivity index (χ1) is 12.4. The molecule has 3 aliphatic rings. The van der Waals surface area contributed by atoms with Crippen LogP contribution in [0.4, 0.5) is 4.79 Å². The van der Waals surface area contributed by atoms with Crippen molar-refractivity contribution in [3.63, 3.8) is 0 Å². The Morgan fingerprint density at radius 1 is 1.23 bits per heavy atom. The molecular formula is C18H28N4O4. The van der Waals surface area contributed by atoms with Crippen molar-refractivity contribution in [1.29, 1.82) is 0 Å². The molecule has 1 spiro atoms. The van der Waals surface area contributed by atoms with Crippen molar-refractivity contribution in [2.24, 2.45) is 11.8 Å². The summed E-state index contributed by atoms with van der Waals surface area (Å²) in [6.45, 7) is 4.93. The molecule has 8 nitrogen and oxygen atoms in total. The summed E-state index contributed by atoms with van der Waals surface area (Å²) in [6, 6.07) is -0.560. The number of imide groups is 1. The fourth-order valence-corrected chi connectivity index (χ4v) is 4.16. The average molecular weight is 364 g/mol. The highest BCUT2D eigenvalue weighted by molar-refractivity contribution is 6.08. The molecule has 5 amide bonds. The van der Waals surface area contributed by atoms with E-state index in [-0.39, 0.29) is 17.7 Å². The van der Waals surface area contributed by atoms with Crippen molar-refractivity contribution < 1.29 is 19.2 Å².